The third-order valence-electron chi connectivity index (χ3n) is 4.46. The third kappa shape index (κ3) is 6.19. The zero-order valence-corrected chi connectivity index (χ0v) is 18.8. The Bertz CT molecular complexity index is 1170. The Morgan fingerprint density at radius 3 is 2.44 bits per heavy atom. The van der Waals surface area contributed by atoms with Gasteiger partial charge >= 0.3 is 12.2 Å². The number of primary amides is 1. The minimum Gasteiger partial charge on any atom is -0.497 e. The van der Waals surface area contributed by atoms with Crippen LogP contribution >= 0.6 is 11.8 Å². The Morgan fingerprint density at radius 1 is 1.15 bits per heavy atom. The number of hydrogen-bond acceptors (Lipinski definition) is 7. The summed E-state index contributed by atoms with van der Waals surface area (Å²) in [5.41, 5.74) is 4.23. The fourth-order valence-corrected chi connectivity index (χ4v) is 3.69. The molecule has 180 valence electrons. The predicted molar refractivity (Wildman–Crippen MR) is 117 cm³/mol. The van der Waals surface area contributed by atoms with Gasteiger partial charge in [0.2, 0.25) is 5.91 Å². The van der Waals surface area contributed by atoms with Crippen molar-refractivity contribution in [3.63, 3.8) is 0 Å². The van der Waals surface area contributed by atoms with E-state index in [0.29, 0.717) is 11.5 Å². The van der Waals surface area contributed by atoms with Crippen LogP contribution in [0.2, 0.25) is 0 Å². The predicted octanol–water partition coefficient (Wildman–Crippen LogP) is 3.55. The van der Waals surface area contributed by atoms with Crippen LogP contribution in [0.5, 0.6) is 11.5 Å². The average molecular weight is 495 g/mol. The van der Waals surface area contributed by atoms with Gasteiger partial charge in [0.15, 0.2) is 11.0 Å². The lowest BCUT2D eigenvalue weighted by molar-refractivity contribution is -0.137. The van der Waals surface area contributed by atoms with Gasteiger partial charge in [-0.15, -0.1) is 10.2 Å². The summed E-state index contributed by atoms with van der Waals surface area (Å²) in [6.07, 6.45) is -4.56. The Morgan fingerprint density at radius 2 is 1.82 bits per heavy atom. The Balaban J connectivity index is 1.94. The molecule has 1 aromatic heterocycles. The topological polar surface area (TPSA) is 121 Å². The second kappa shape index (κ2) is 10.5. The molecule has 0 aliphatic rings. The van der Waals surface area contributed by atoms with Crippen LogP contribution in [0.4, 0.5) is 18.0 Å². The summed E-state index contributed by atoms with van der Waals surface area (Å²) >= 11 is 0.892. The number of ether oxygens (including phenoxy) is 2. The highest BCUT2D eigenvalue weighted by Crippen LogP contribution is 2.32. The second-order valence-electron chi connectivity index (χ2n) is 6.86. The van der Waals surface area contributed by atoms with Crippen LogP contribution in [0.15, 0.2) is 53.7 Å². The number of nitrogens with zero attached hydrogens (tertiary/aromatic N) is 3. The normalized spacial score (nSPS) is 12.1. The third-order valence-corrected chi connectivity index (χ3v) is 5.50. The van der Waals surface area contributed by atoms with Gasteiger partial charge in [-0.05, 0) is 49.4 Å². The average Bonchev–Trinajstić information content (AvgIpc) is 3.19. The molecule has 0 bridgehead atoms. The number of benzene rings is 2. The van der Waals surface area contributed by atoms with E-state index in [1.54, 1.807) is 24.3 Å². The largest absolute Gasteiger partial charge is 0.497 e. The molecule has 0 aliphatic heterocycles. The van der Waals surface area contributed by atoms with Crippen LogP contribution in [0.3, 0.4) is 0 Å². The summed E-state index contributed by atoms with van der Waals surface area (Å²) in [7, 11) is 1.53. The molecule has 1 atom stereocenters. The van der Waals surface area contributed by atoms with Gasteiger partial charge in [-0.3, -0.25) is 14.7 Å². The van der Waals surface area contributed by atoms with E-state index in [4.69, 9.17) is 15.2 Å². The summed E-state index contributed by atoms with van der Waals surface area (Å²) in [6.45, 7) is 1.36. The van der Waals surface area contributed by atoms with Crippen LogP contribution in [0, 0.1) is 0 Å². The number of methoxy groups -OCH3 is 1. The minimum atomic E-state index is -4.56. The summed E-state index contributed by atoms with van der Waals surface area (Å²) in [6, 6.07) is 10.3. The van der Waals surface area contributed by atoms with Gasteiger partial charge in [-0.25, -0.2) is 4.79 Å². The molecule has 3 amide bonds. The van der Waals surface area contributed by atoms with Crippen molar-refractivity contribution in [2.45, 2.75) is 30.1 Å². The molecule has 1 heterocycles. The molecule has 0 saturated carbocycles. The van der Waals surface area contributed by atoms with Crippen molar-refractivity contribution in [3.05, 3.63) is 59.9 Å². The SMILES string of the molecule is COc1ccc(OCc2nnc(SC(C)C(=O)NC(N)=O)n2-c2cccc(C(F)(F)F)c2)cc1. The lowest BCUT2D eigenvalue weighted by Crippen LogP contribution is -2.39. The quantitative estimate of drug-likeness (QED) is 0.459. The summed E-state index contributed by atoms with van der Waals surface area (Å²) in [5.74, 6) is 0.608. The van der Waals surface area contributed by atoms with Crippen molar-refractivity contribution in [1.29, 1.82) is 0 Å². The molecule has 0 spiro atoms. The highest BCUT2D eigenvalue weighted by Gasteiger charge is 2.31. The number of halogens is 3. The minimum absolute atomic E-state index is 0.123. The molecule has 9 nitrogen and oxygen atoms in total. The summed E-state index contributed by atoms with van der Waals surface area (Å²) in [5, 5.41) is 9.29. The monoisotopic (exact) mass is 495 g/mol. The first kappa shape index (κ1) is 24.9. The number of aromatic nitrogens is 3. The number of hydrogen-bond donors (Lipinski definition) is 2. The zero-order chi connectivity index (χ0) is 24.9. The molecule has 3 aromatic rings. The van der Waals surface area contributed by atoms with E-state index < -0.39 is 28.9 Å². The molecule has 34 heavy (non-hydrogen) atoms. The maximum Gasteiger partial charge on any atom is 0.416 e. The molecule has 13 heteroatoms. The van der Waals surface area contributed by atoms with Gasteiger partial charge in [-0.2, -0.15) is 13.2 Å². The van der Waals surface area contributed by atoms with Crippen LogP contribution in [-0.2, 0) is 17.6 Å². The smallest absolute Gasteiger partial charge is 0.416 e. The molecule has 0 radical (unpaired) electrons. The molecule has 0 fully saturated rings. The Hall–Kier alpha value is -3.74. The lowest BCUT2D eigenvalue weighted by Gasteiger charge is -2.15. The van der Waals surface area contributed by atoms with E-state index in [1.807, 2.05) is 5.32 Å². The number of urea groups is 1. The molecule has 2 aromatic carbocycles. The number of nitrogens with one attached hydrogen (secondary N) is 1. The summed E-state index contributed by atoms with van der Waals surface area (Å²) in [4.78, 5) is 23.1. The highest BCUT2D eigenvalue weighted by molar-refractivity contribution is 8.00. The first-order chi connectivity index (χ1) is 16.1. The van der Waals surface area contributed by atoms with Gasteiger partial charge in [0, 0.05) is 0 Å². The number of imide groups is 1. The van der Waals surface area contributed by atoms with Gasteiger partial charge < -0.3 is 15.2 Å². The Labute approximate surface area is 196 Å². The van der Waals surface area contributed by atoms with E-state index in [1.165, 1.54) is 30.7 Å². The van der Waals surface area contributed by atoms with E-state index in [2.05, 4.69) is 10.2 Å². The lowest BCUT2D eigenvalue weighted by atomic mass is 10.2. The molecule has 0 saturated heterocycles. The van der Waals surface area contributed by atoms with E-state index in [0.717, 1.165) is 23.9 Å². The number of carbonyl (C=O) groups excluding carboxylic acids is 2. The maximum atomic E-state index is 13.3. The molecule has 3 rings (SSSR count). The fourth-order valence-electron chi connectivity index (χ4n) is 2.81. The van der Waals surface area contributed by atoms with Crippen LogP contribution in [0.25, 0.3) is 5.69 Å². The Kier molecular flexibility index (Phi) is 7.66. The van der Waals surface area contributed by atoms with Crippen molar-refractivity contribution < 1.29 is 32.2 Å². The number of nitrogens with two attached hydrogens (primary N) is 1. The first-order valence-electron chi connectivity index (χ1n) is 9.74. The number of carbonyl (C=O) groups is 2. The van der Waals surface area contributed by atoms with Crippen molar-refractivity contribution in [3.8, 4) is 17.2 Å². The summed E-state index contributed by atoms with van der Waals surface area (Å²) < 4.78 is 52.1. The van der Waals surface area contributed by atoms with Gasteiger partial charge in [0.25, 0.3) is 0 Å². The van der Waals surface area contributed by atoms with Crippen molar-refractivity contribution in [2.75, 3.05) is 7.11 Å². The van der Waals surface area contributed by atoms with Crippen molar-refractivity contribution in [1.82, 2.24) is 20.1 Å². The number of rotatable bonds is 8. The highest BCUT2D eigenvalue weighted by atomic mass is 32.2. The zero-order valence-electron chi connectivity index (χ0n) is 18.0. The van der Waals surface area contributed by atoms with Crippen molar-refractivity contribution in [2.24, 2.45) is 5.73 Å². The van der Waals surface area contributed by atoms with Gasteiger partial charge in [0.1, 0.15) is 18.1 Å². The molecule has 0 aliphatic carbocycles. The molecular weight excluding hydrogens is 475 g/mol. The fraction of sp³-hybridized carbons (Fsp3) is 0.238. The number of amides is 3. The van der Waals surface area contributed by atoms with E-state index >= 15 is 0 Å². The molecule has 3 N–H and O–H groups in total. The second-order valence-corrected chi connectivity index (χ2v) is 8.17. The standard InChI is InChI=1S/C21H20F3N5O4S/c1-12(18(30)26-19(25)31)34-20-28-27-17(11-33-16-8-6-15(32-2)7-9-16)29(20)14-5-3-4-13(10-14)21(22,23)24/h3-10,12H,11H2,1-2H3,(H3,25,26,30,31). The van der Waals surface area contributed by atoms with Crippen LogP contribution in [0.1, 0.15) is 18.3 Å². The first-order valence-corrected chi connectivity index (χ1v) is 10.6. The number of thioether (sulfide) groups is 1. The van der Waals surface area contributed by atoms with Crippen LogP contribution in [-0.4, -0.2) is 39.1 Å². The van der Waals surface area contributed by atoms with Crippen molar-refractivity contribution >= 4 is 23.7 Å². The maximum absolute atomic E-state index is 13.3. The van der Waals surface area contributed by atoms with Gasteiger partial charge in [-0.1, -0.05) is 17.8 Å². The van der Waals surface area contributed by atoms with E-state index in [9.17, 15) is 22.8 Å². The van der Waals surface area contributed by atoms with Gasteiger partial charge in [0.05, 0.1) is 23.6 Å². The molecular formula is C21H20F3N5O4S. The van der Waals surface area contributed by atoms with Crippen LogP contribution < -0.4 is 20.5 Å². The van der Waals surface area contributed by atoms with E-state index in [-0.39, 0.29) is 23.3 Å². The number of alkyl halides is 3. The molecule has 1 unspecified atom stereocenters.